The van der Waals surface area contributed by atoms with Crippen LogP contribution in [0, 0.1) is 0 Å². The molecule has 2 amide bonds. The zero-order chi connectivity index (χ0) is 15.0. The van der Waals surface area contributed by atoms with Gasteiger partial charge < -0.3 is 20.3 Å². The largest absolute Gasteiger partial charge is 0.378 e. The summed E-state index contributed by atoms with van der Waals surface area (Å²) < 4.78 is 5.20. The van der Waals surface area contributed by atoms with E-state index in [4.69, 9.17) is 4.74 Å². The van der Waals surface area contributed by atoms with Gasteiger partial charge in [0.25, 0.3) is 0 Å². The fraction of sp³-hybridized carbons (Fsp3) is 0.857. The van der Waals surface area contributed by atoms with E-state index < -0.39 is 0 Å². The number of hydrogen-bond acceptors (Lipinski definition) is 4. The molecule has 0 atom stereocenters. The Balaban J connectivity index is 2.12. The number of morpholine rings is 1. The van der Waals surface area contributed by atoms with Crippen molar-refractivity contribution in [3.63, 3.8) is 0 Å². The molecule has 0 aromatic rings. The maximum Gasteiger partial charge on any atom is 0.234 e. The molecule has 0 bridgehead atoms. The van der Waals surface area contributed by atoms with Gasteiger partial charge in [-0.25, -0.2) is 0 Å². The van der Waals surface area contributed by atoms with E-state index in [1.165, 1.54) is 0 Å². The van der Waals surface area contributed by atoms with Crippen molar-refractivity contribution >= 4 is 11.8 Å². The minimum absolute atomic E-state index is 0.0318. The second kappa shape index (κ2) is 8.21. The lowest BCUT2D eigenvalue weighted by Crippen LogP contribution is -2.47. The van der Waals surface area contributed by atoms with Gasteiger partial charge in [-0.1, -0.05) is 6.92 Å². The number of nitrogens with one attached hydrogen (secondary N) is 2. The average molecular weight is 285 g/mol. The lowest BCUT2D eigenvalue weighted by atomic mass is 10.0. The van der Waals surface area contributed by atoms with E-state index in [0.717, 1.165) is 6.42 Å². The predicted octanol–water partition coefficient (Wildman–Crippen LogP) is 0.130. The van der Waals surface area contributed by atoms with Crippen molar-refractivity contribution in [2.75, 3.05) is 39.4 Å². The first-order valence-corrected chi connectivity index (χ1v) is 7.32. The van der Waals surface area contributed by atoms with E-state index in [1.54, 1.807) is 0 Å². The van der Waals surface area contributed by atoms with Crippen LogP contribution in [0.15, 0.2) is 0 Å². The van der Waals surface area contributed by atoms with E-state index in [9.17, 15) is 9.59 Å². The monoisotopic (exact) mass is 285 g/mol. The fourth-order valence-corrected chi connectivity index (χ4v) is 1.88. The average Bonchev–Trinajstić information content (AvgIpc) is 2.44. The summed E-state index contributed by atoms with van der Waals surface area (Å²) in [5.74, 6) is 0.0887. The van der Waals surface area contributed by atoms with E-state index in [2.05, 4.69) is 10.6 Å². The molecule has 0 unspecified atom stereocenters. The van der Waals surface area contributed by atoms with Crippen molar-refractivity contribution in [2.45, 2.75) is 39.2 Å². The smallest absolute Gasteiger partial charge is 0.234 e. The first-order chi connectivity index (χ1) is 9.44. The zero-order valence-electron chi connectivity index (χ0n) is 12.8. The minimum atomic E-state index is -0.178. The van der Waals surface area contributed by atoms with Crippen molar-refractivity contribution in [1.29, 1.82) is 0 Å². The molecule has 0 aliphatic carbocycles. The molecule has 1 aliphatic heterocycles. The first kappa shape index (κ1) is 16.9. The molecule has 1 saturated heterocycles. The maximum absolute atomic E-state index is 11.8. The van der Waals surface area contributed by atoms with Gasteiger partial charge in [0.15, 0.2) is 0 Å². The Morgan fingerprint density at radius 3 is 2.50 bits per heavy atom. The Kier molecular flexibility index (Phi) is 6.95. The summed E-state index contributed by atoms with van der Waals surface area (Å²) in [6.07, 6.45) is 1.30. The molecule has 0 radical (unpaired) electrons. The standard InChI is InChI=1S/C14H27N3O3/c1-4-14(2,3)16-12(18)11-15-6-5-13(19)17-7-9-20-10-8-17/h15H,4-11H2,1-3H3,(H,16,18). The van der Waals surface area contributed by atoms with Crippen molar-refractivity contribution in [3.05, 3.63) is 0 Å². The Morgan fingerprint density at radius 2 is 1.90 bits per heavy atom. The summed E-state index contributed by atoms with van der Waals surface area (Å²) in [6.45, 7) is 9.37. The van der Waals surface area contributed by atoms with Crippen LogP contribution in [-0.2, 0) is 14.3 Å². The van der Waals surface area contributed by atoms with Crippen LogP contribution in [0.4, 0.5) is 0 Å². The molecular formula is C14H27N3O3. The van der Waals surface area contributed by atoms with E-state index >= 15 is 0 Å². The summed E-state index contributed by atoms with van der Waals surface area (Å²) in [5, 5.41) is 5.96. The Labute approximate surface area is 121 Å². The van der Waals surface area contributed by atoms with Crippen LogP contribution in [0.3, 0.4) is 0 Å². The maximum atomic E-state index is 11.8. The summed E-state index contributed by atoms with van der Waals surface area (Å²) in [5.41, 5.74) is -0.178. The number of amides is 2. The molecule has 1 aliphatic rings. The topological polar surface area (TPSA) is 70.7 Å². The van der Waals surface area contributed by atoms with Gasteiger partial charge in [-0.2, -0.15) is 0 Å². The lowest BCUT2D eigenvalue weighted by molar-refractivity contribution is -0.135. The fourth-order valence-electron chi connectivity index (χ4n) is 1.88. The number of rotatable bonds is 7. The van der Waals surface area contributed by atoms with Gasteiger partial charge in [0.05, 0.1) is 19.8 Å². The number of carbonyl (C=O) groups is 2. The second-order valence-electron chi connectivity index (χ2n) is 5.71. The number of hydrogen-bond donors (Lipinski definition) is 2. The molecule has 20 heavy (non-hydrogen) atoms. The van der Waals surface area contributed by atoms with E-state index in [0.29, 0.717) is 39.3 Å². The molecule has 0 saturated carbocycles. The Morgan fingerprint density at radius 1 is 1.25 bits per heavy atom. The summed E-state index contributed by atoms with van der Waals surface area (Å²) in [7, 11) is 0. The molecular weight excluding hydrogens is 258 g/mol. The molecule has 1 rings (SSSR count). The van der Waals surface area contributed by atoms with Gasteiger partial charge in [-0.15, -0.1) is 0 Å². The minimum Gasteiger partial charge on any atom is -0.378 e. The van der Waals surface area contributed by atoms with Crippen LogP contribution < -0.4 is 10.6 Å². The van der Waals surface area contributed by atoms with Gasteiger partial charge >= 0.3 is 0 Å². The van der Waals surface area contributed by atoms with Crippen LogP contribution >= 0.6 is 0 Å². The summed E-state index contributed by atoms with van der Waals surface area (Å²) >= 11 is 0. The molecule has 6 heteroatoms. The second-order valence-corrected chi connectivity index (χ2v) is 5.71. The van der Waals surface area contributed by atoms with Crippen LogP contribution in [-0.4, -0.2) is 61.6 Å². The first-order valence-electron chi connectivity index (χ1n) is 7.32. The van der Waals surface area contributed by atoms with Gasteiger partial charge in [0.2, 0.25) is 11.8 Å². The highest BCUT2D eigenvalue weighted by Crippen LogP contribution is 2.05. The molecule has 2 N–H and O–H groups in total. The van der Waals surface area contributed by atoms with Gasteiger partial charge in [-0.3, -0.25) is 9.59 Å². The molecule has 6 nitrogen and oxygen atoms in total. The SMILES string of the molecule is CCC(C)(C)NC(=O)CNCCC(=O)N1CCOCC1. The quantitative estimate of drug-likeness (QED) is 0.652. The van der Waals surface area contributed by atoms with E-state index in [-0.39, 0.29) is 23.9 Å². The van der Waals surface area contributed by atoms with Crippen LogP contribution in [0.1, 0.15) is 33.6 Å². The van der Waals surface area contributed by atoms with Crippen LogP contribution in [0.5, 0.6) is 0 Å². The molecule has 1 fully saturated rings. The van der Waals surface area contributed by atoms with Crippen molar-refractivity contribution in [2.24, 2.45) is 0 Å². The zero-order valence-corrected chi connectivity index (χ0v) is 12.8. The van der Waals surface area contributed by atoms with Gasteiger partial charge in [-0.05, 0) is 20.3 Å². The van der Waals surface area contributed by atoms with E-state index in [1.807, 2.05) is 25.7 Å². The number of ether oxygens (including phenoxy) is 1. The van der Waals surface area contributed by atoms with Crippen molar-refractivity contribution < 1.29 is 14.3 Å². The molecule has 1 heterocycles. The molecule has 0 spiro atoms. The summed E-state index contributed by atoms with van der Waals surface area (Å²) in [4.78, 5) is 25.3. The highest BCUT2D eigenvalue weighted by molar-refractivity contribution is 5.79. The summed E-state index contributed by atoms with van der Waals surface area (Å²) in [6, 6.07) is 0. The number of nitrogens with zero attached hydrogens (tertiary/aromatic N) is 1. The van der Waals surface area contributed by atoms with Gasteiger partial charge in [0, 0.05) is 31.6 Å². The molecule has 0 aromatic heterocycles. The number of carbonyl (C=O) groups excluding carboxylic acids is 2. The highest BCUT2D eigenvalue weighted by atomic mass is 16.5. The van der Waals surface area contributed by atoms with Crippen molar-refractivity contribution in [3.8, 4) is 0 Å². The normalized spacial score (nSPS) is 16.1. The predicted molar refractivity (Wildman–Crippen MR) is 77.4 cm³/mol. The van der Waals surface area contributed by atoms with Gasteiger partial charge in [0.1, 0.15) is 0 Å². The van der Waals surface area contributed by atoms with Crippen LogP contribution in [0.2, 0.25) is 0 Å². The van der Waals surface area contributed by atoms with Crippen LogP contribution in [0.25, 0.3) is 0 Å². The Hall–Kier alpha value is -1.14. The third-order valence-corrected chi connectivity index (χ3v) is 3.53. The molecule has 116 valence electrons. The third kappa shape index (κ3) is 6.34. The highest BCUT2D eigenvalue weighted by Gasteiger charge is 2.18. The lowest BCUT2D eigenvalue weighted by Gasteiger charge is -2.27. The third-order valence-electron chi connectivity index (χ3n) is 3.53. The molecule has 0 aromatic carbocycles. The Bertz CT molecular complexity index is 326. The van der Waals surface area contributed by atoms with Crippen molar-refractivity contribution in [1.82, 2.24) is 15.5 Å².